The summed E-state index contributed by atoms with van der Waals surface area (Å²) < 4.78 is 36.2. The minimum Gasteiger partial charge on any atom is -0.358 e. The van der Waals surface area contributed by atoms with Crippen LogP contribution in [0.15, 0.2) is 6.07 Å². The van der Waals surface area contributed by atoms with E-state index in [1.807, 2.05) is 0 Å². The molecule has 0 fully saturated rings. The number of halogens is 3. The molecule has 9 heteroatoms. The third-order valence-electron chi connectivity index (χ3n) is 1.86. The van der Waals surface area contributed by atoms with Crippen molar-refractivity contribution in [2.45, 2.75) is 13.1 Å². The summed E-state index contributed by atoms with van der Waals surface area (Å²) >= 11 is 0. The molecular weight excluding hydrogens is 245 g/mol. The number of hydrogen-bond acceptors (Lipinski definition) is 4. The van der Waals surface area contributed by atoms with Crippen LogP contribution in [0, 0.1) is 10.1 Å². The van der Waals surface area contributed by atoms with Gasteiger partial charge in [-0.1, -0.05) is 0 Å². The fourth-order valence-electron chi connectivity index (χ4n) is 1.13. The zero-order chi connectivity index (χ0) is 13.4. The van der Waals surface area contributed by atoms with Gasteiger partial charge in [0.2, 0.25) is 0 Å². The largest absolute Gasteiger partial charge is 0.458 e. The molecule has 0 spiro atoms. The van der Waals surface area contributed by atoms with E-state index in [0.717, 1.165) is 6.92 Å². The van der Waals surface area contributed by atoms with Crippen LogP contribution < -0.4 is 0 Å². The smallest absolute Gasteiger partial charge is 0.358 e. The Labute approximate surface area is 91.6 Å². The molecule has 1 N–H and O–H groups in total. The van der Waals surface area contributed by atoms with E-state index in [1.54, 1.807) is 4.98 Å². The summed E-state index contributed by atoms with van der Waals surface area (Å²) in [6, 6.07) is 0.524. The molecule has 0 aromatic carbocycles. The summed E-state index contributed by atoms with van der Waals surface area (Å²) in [6.07, 6.45) is -5.16. The van der Waals surface area contributed by atoms with Gasteiger partial charge in [-0.05, 0) is 11.8 Å². The number of carbonyl (C=O) groups excluding carboxylic acids is 2. The zero-order valence-electron chi connectivity index (χ0n) is 8.29. The maximum atomic E-state index is 12.1. The number of nitrogens with one attached hydrogen (secondary N) is 1. The van der Waals surface area contributed by atoms with Crippen molar-refractivity contribution in [3.63, 3.8) is 0 Å². The van der Waals surface area contributed by atoms with Crippen molar-refractivity contribution in [1.82, 2.24) is 4.98 Å². The van der Waals surface area contributed by atoms with E-state index in [-0.39, 0.29) is 0 Å². The van der Waals surface area contributed by atoms with Crippen molar-refractivity contribution < 1.29 is 27.7 Å². The molecule has 0 saturated heterocycles. The monoisotopic (exact) mass is 250 g/mol. The van der Waals surface area contributed by atoms with E-state index in [9.17, 15) is 32.9 Å². The number of alkyl halides is 3. The SMILES string of the molecule is CC(=O)c1cc(C(=O)C(F)(F)F)[nH]c1[N+](=O)[O-]. The Balaban J connectivity index is 3.31. The third-order valence-corrected chi connectivity index (χ3v) is 1.86. The summed E-state index contributed by atoms with van der Waals surface area (Å²) in [6.45, 7) is 0.942. The van der Waals surface area contributed by atoms with Gasteiger partial charge < -0.3 is 10.1 Å². The molecule has 1 heterocycles. The van der Waals surface area contributed by atoms with Crippen molar-refractivity contribution in [3.05, 3.63) is 27.4 Å². The molecule has 0 bridgehead atoms. The lowest BCUT2D eigenvalue weighted by atomic mass is 10.2. The van der Waals surface area contributed by atoms with Crippen LogP contribution in [0.5, 0.6) is 0 Å². The molecule has 6 nitrogen and oxygen atoms in total. The second kappa shape index (κ2) is 4.00. The van der Waals surface area contributed by atoms with E-state index in [2.05, 4.69) is 0 Å². The van der Waals surface area contributed by atoms with Crippen molar-refractivity contribution >= 4 is 17.4 Å². The van der Waals surface area contributed by atoms with Crippen LogP contribution in [0.4, 0.5) is 19.0 Å². The molecule has 0 unspecified atom stereocenters. The second-order valence-electron chi connectivity index (χ2n) is 3.09. The summed E-state index contributed by atoms with van der Waals surface area (Å²) in [7, 11) is 0. The van der Waals surface area contributed by atoms with E-state index in [1.165, 1.54) is 0 Å². The Hall–Kier alpha value is -2.19. The number of aromatic nitrogens is 1. The highest BCUT2D eigenvalue weighted by molar-refractivity contribution is 6.04. The van der Waals surface area contributed by atoms with Gasteiger partial charge in [-0.15, -0.1) is 0 Å². The summed E-state index contributed by atoms with van der Waals surface area (Å²) in [5.41, 5.74) is -1.60. The summed E-state index contributed by atoms with van der Waals surface area (Å²) in [4.78, 5) is 32.8. The maximum Gasteiger partial charge on any atom is 0.458 e. The van der Waals surface area contributed by atoms with Crippen LogP contribution in [-0.4, -0.2) is 27.7 Å². The predicted molar refractivity (Wildman–Crippen MR) is 47.8 cm³/mol. The van der Waals surface area contributed by atoms with Crippen LogP contribution >= 0.6 is 0 Å². The molecule has 0 atom stereocenters. The highest BCUT2D eigenvalue weighted by Crippen LogP contribution is 2.25. The molecule has 0 aliphatic carbocycles. The molecule has 92 valence electrons. The molecule has 0 amide bonds. The average molecular weight is 250 g/mol. The molecule has 1 aromatic heterocycles. The van der Waals surface area contributed by atoms with Gasteiger partial charge in [0.05, 0.1) is 0 Å². The number of nitro groups is 1. The zero-order valence-corrected chi connectivity index (χ0v) is 8.29. The van der Waals surface area contributed by atoms with Gasteiger partial charge in [0.1, 0.15) is 5.56 Å². The summed E-state index contributed by atoms with van der Waals surface area (Å²) in [5.74, 6) is -4.01. The van der Waals surface area contributed by atoms with Gasteiger partial charge in [0.15, 0.2) is 11.5 Å². The number of ketones is 2. The van der Waals surface area contributed by atoms with Gasteiger partial charge in [-0.3, -0.25) is 9.59 Å². The maximum absolute atomic E-state index is 12.1. The van der Waals surface area contributed by atoms with Gasteiger partial charge in [-0.25, -0.2) is 4.98 Å². The molecule has 0 saturated carbocycles. The normalized spacial score (nSPS) is 11.3. The Morgan fingerprint density at radius 2 is 1.94 bits per heavy atom. The van der Waals surface area contributed by atoms with Crippen molar-refractivity contribution in [2.75, 3.05) is 0 Å². The third kappa shape index (κ3) is 2.49. The van der Waals surface area contributed by atoms with E-state index < -0.39 is 39.7 Å². The fourth-order valence-corrected chi connectivity index (χ4v) is 1.13. The van der Waals surface area contributed by atoms with E-state index in [4.69, 9.17) is 0 Å². The predicted octanol–water partition coefficient (Wildman–Crippen LogP) is 1.87. The lowest BCUT2D eigenvalue weighted by Gasteiger charge is -1.99. The molecule has 1 rings (SSSR count). The standard InChI is InChI=1S/C8H5F3N2O4/c1-3(14)4-2-5(6(15)8(9,10)11)12-7(4)13(16)17/h2,12H,1H3. The van der Waals surface area contributed by atoms with Gasteiger partial charge in [0, 0.05) is 6.07 Å². The Kier molecular flexibility index (Phi) is 3.03. The minimum absolute atomic E-state index is 0.524. The molecule has 0 aliphatic heterocycles. The van der Waals surface area contributed by atoms with Crippen LogP contribution in [0.25, 0.3) is 0 Å². The Bertz CT molecular complexity index is 472. The lowest BCUT2D eigenvalue weighted by Crippen LogP contribution is -2.23. The van der Waals surface area contributed by atoms with Crippen molar-refractivity contribution in [1.29, 1.82) is 0 Å². The first-order valence-corrected chi connectivity index (χ1v) is 4.14. The van der Waals surface area contributed by atoms with E-state index >= 15 is 0 Å². The molecule has 1 aromatic rings. The van der Waals surface area contributed by atoms with Gasteiger partial charge >= 0.3 is 17.8 Å². The van der Waals surface area contributed by atoms with Gasteiger partial charge in [0.25, 0.3) is 0 Å². The van der Waals surface area contributed by atoms with Crippen molar-refractivity contribution in [3.8, 4) is 0 Å². The highest BCUT2D eigenvalue weighted by atomic mass is 19.4. The topological polar surface area (TPSA) is 93.1 Å². The number of Topliss-reactive ketones (excluding diaryl/α,β-unsaturated/α-hetero) is 2. The lowest BCUT2D eigenvalue weighted by molar-refractivity contribution is -0.389. The Morgan fingerprint density at radius 3 is 2.24 bits per heavy atom. The first-order chi connectivity index (χ1) is 7.64. The number of H-pyrrole nitrogens is 1. The number of rotatable bonds is 3. The first-order valence-electron chi connectivity index (χ1n) is 4.14. The molecule has 0 radical (unpaired) electrons. The highest BCUT2D eigenvalue weighted by Gasteiger charge is 2.43. The number of carbonyl (C=O) groups is 2. The molecular formula is C8H5F3N2O4. The van der Waals surface area contributed by atoms with Crippen LogP contribution in [0.2, 0.25) is 0 Å². The van der Waals surface area contributed by atoms with Crippen LogP contribution in [0.3, 0.4) is 0 Å². The average Bonchev–Trinajstić information content (AvgIpc) is 2.59. The van der Waals surface area contributed by atoms with Crippen molar-refractivity contribution in [2.24, 2.45) is 0 Å². The first kappa shape index (κ1) is 12.9. The van der Waals surface area contributed by atoms with Crippen LogP contribution in [0.1, 0.15) is 27.8 Å². The Morgan fingerprint density at radius 1 is 1.41 bits per heavy atom. The molecule has 0 aliphatic rings. The van der Waals surface area contributed by atoms with Crippen LogP contribution in [-0.2, 0) is 0 Å². The number of hydrogen-bond donors (Lipinski definition) is 1. The minimum atomic E-state index is -5.16. The molecule has 17 heavy (non-hydrogen) atoms. The number of aromatic amines is 1. The number of nitrogens with zero attached hydrogens (tertiary/aromatic N) is 1. The van der Waals surface area contributed by atoms with E-state index in [0.29, 0.717) is 6.07 Å². The summed E-state index contributed by atoms with van der Waals surface area (Å²) in [5, 5.41) is 10.4. The second-order valence-corrected chi connectivity index (χ2v) is 3.09. The van der Waals surface area contributed by atoms with Gasteiger partial charge in [-0.2, -0.15) is 13.2 Å². The quantitative estimate of drug-likeness (QED) is 0.503. The fraction of sp³-hybridized carbons (Fsp3) is 0.250.